The fraction of sp³-hybridized carbons (Fsp3) is 0.520. The number of carbonyl (C=O) groups excluding carboxylic acids is 1. The van der Waals surface area contributed by atoms with Crippen LogP contribution in [-0.2, 0) is 4.79 Å². The molecule has 0 bridgehead atoms. The van der Waals surface area contributed by atoms with Crippen LogP contribution in [0.3, 0.4) is 0 Å². The number of carbonyl (C=O) groups is 1. The summed E-state index contributed by atoms with van der Waals surface area (Å²) >= 11 is 0. The summed E-state index contributed by atoms with van der Waals surface area (Å²) in [5.74, 6) is 1.09. The first-order chi connectivity index (χ1) is 15.7. The van der Waals surface area contributed by atoms with Crippen molar-refractivity contribution < 1.29 is 4.79 Å². The van der Waals surface area contributed by atoms with Gasteiger partial charge in [0.15, 0.2) is 5.65 Å². The molecule has 1 saturated heterocycles. The van der Waals surface area contributed by atoms with Crippen LogP contribution in [-0.4, -0.2) is 44.8 Å². The third kappa shape index (κ3) is 4.47. The molecule has 2 aromatic heterocycles. The highest BCUT2D eigenvalue weighted by atomic mass is 16.2. The normalized spacial score (nSPS) is 20.3. The summed E-state index contributed by atoms with van der Waals surface area (Å²) < 4.78 is 1.86. The molecule has 1 atom stereocenters. The number of nitrogens with one attached hydrogen (secondary N) is 1. The Morgan fingerprint density at radius 2 is 1.78 bits per heavy atom. The third-order valence-electron chi connectivity index (χ3n) is 6.89. The van der Waals surface area contributed by atoms with Gasteiger partial charge in [0.25, 0.3) is 0 Å². The Kier molecular flexibility index (Phi) is 6.06. The van der Waals surface area contributed by atoms with E-state index in [1.165, 1.54) is 31.2 Å². The number of nitrogens with zero attached hydrogens (tertiary/aromatic N) is 5. The molecule has 0 spiro atoms. The maximum atomic E-state index is 13.0. The van der Waals surface area contributed by atoms with Crippen LogP contribution < -0.4 is 10.2 Å². The van der Waals surface area contributed by atoms with Gasteiger partial charge in [-0.3, -0.25) is 4.79 Å². The van der Waals surface area contributed by atoms with Gasteiger partial charge in [0.2, 0.25) is 5.91 Å². The van der Waals surface area contributed by atoms with E-state index in [9.17, 15) is 4.79 Å². The molecule has 2 aliphatic rings. The largest absolute Gasteiger partial charge is 0.355 e. The Labute approximate surface area is 189 Å². The van der Waals surface area contributed by atoms with Crippen molar-refractivity contribution >= 4 is 22.8 Å². The number of fused-ring (bicyclic) bond motifs is 1. The third-order valence-corrected chi connectivity index (χ3v) is 6.89. The lowest BCUT2D eigenvalue weighted by atomic mass is 9.96. The molecule has 32 heavy (non-hydrogen) atoms. The van der Waals surface area contributed by atoms with Crippen LogP contribution in [0.1, 0.15) is 56.9 Å². The molecular weight excluding hydrogens is 400 g/mol. The molecule has 3 aromatic rings. The Morgan fingerprint density at radius 1 is 1.00 bits per heavy atom. The number of anilines is 1. The van der Waals surface area contributed by atoms with Gasteiger partial charge in [0.1, 0.15) is 12.1 Å². The number of piperidine rings is 1. The van der Waals surface area contributed by atoms with Gasteiger partial charge in [0, 0.05) is 25.3 Å². The van der Waals surface area contributed by atoms with E-state index in [-0.39, 0.29) is 11.8 Å². The van der Waals surface area contributed by atoms with Crippen LogP contribution >= 0.6 is 0 Å². The molecular formula is C25H32N6O. The van der Waals surface area contributed by atoms with Gasteiger partial charge in [-0.05, 0) is 44.7 Å². The fourth-order valence-electron chi connectivity index (χ4n) is 5.03. The highest BCUT2D eigenvalue weighted by Gasteiger charge is 2.29. The summed E-state index contributed by atoms with van der Waals surface area (Å²) in [6, 6.07) is 8.62. The molecule has 7 nitrogen and oxygen atoms in total. The smallest absolute Gasteiger partial charge is 0.225 e. The molecule has 5 rings (SSSR count). The van der Waals surface area contributed by atoms with E-state index in [0.29, 0.717) is 18.2 Å². The average Bonchev–Trinajstić information content (AvgIpc) is 3.09. The first-order valence-electron chi connectivity index (χ1n) is 12.0. The van der Waals surface area contributed by atoms with E-state index in [0.717, 1.165) is 49.1 Å². The lowest BCUT2D eigenvalue weighted by Gasteiger charge is -2.33. The monoisotopic (exact) mass is 432 g/mol. The first kappa shape index (κ1) is 20.9. The number of hydrogen-bond acceptors (Lipinski definition) is 5. The van der Waals surface area contributed by atoms with Crippen molar-refractivity contribution in [3.05, 3.63) is 42.4 Å². The summed E-state index contributed by atoms with van der Waals surface area (Å²) in [6.07, 6.45) is 12.8. The quantitative estimate of drug-likeness (QED) is 0.626. The van der Waals surface area contributed by atoms with Crippen LogP contribution in [0.15, 0.2) is 36.8 Å². The van der Waals surface area contributed by atoms with Crippen molar-refractivity contribution in [2.24, 2.45) is 5.92 Å². The molecule has 1 N–H and O–H groups in total. The van der Waals surface area contributed by atoms with Crippen LogP contribution in [0.5, 0.6) is 0 Å². The SMILES string of the molecule is Cc1ccc(-n2cc3c(N4CCC[C@H](C(=O)NC5CCCCCC5)C4)ncnc3n2)cc1. The van der Waals surface area contributed by atoms with Gasteiger partial charge < -0.3 is 10.2 Å². The standard InChI is InChI=1S/C25H32N6O/c1-18-10-12-21(13-11-18)31-16-22-23(29-31)26-17-27-24(22)30-14-6-7-19(15-30)25(32)28-20-8-4-2-3-5-9-20/h10-13,16-17,19-20H,2-9,14-15H2,1H3,(H,28,32)/t19-/m0/s1. The minimum Gasteiger partial charge on any atom is -0.355 e. The minimum absolute atomic E-state index is 0.00385. The zero-order chi connectivity index (χ0) is 21.9. The molecule has 1 aliphatic heterocycles. The molecule has 1 saturated carbocycles. The van der Waals surface area contributed by atoms with Crippen LogP contribution in [0, 0.1) is 12.8 Å². The Morgan fingerprint density at radius 3 is 2.56 bits per heavy atom. The van der Waals surface area contributed by atoms with Crippen molar-refractivity contribution in [2.45, 2.75) is 64.3 Å². The van der Waals surface area contributed by atoms with E-state index >= 15 is 0 Å². The van der Waals surface area contributed by atoms with Gasteiger partial charge in [-0.25, -0.2) is 14.6 Å². The molecule has 0 unspecified atom stereocenters. The molecule has 3 heterocycles. The van der Waals surface area contributed by atoms with Crippen molar-refractivity contribution in [1.82, 2.24) is 25.1 Å². The highest BCUT2D eigenvalue weighted by Crippen LogP contribution is 2.28. The summed E-state index contributed by atoms with van der Waals surface area (Å²) in [7, 11) is 0. The van der Waals surface area contributed by atoms with Gasteiger partial charge in [0.05, 0.1) is 17.0 Å². The maximum absolute atomic E-state index is 13.0. The second kappa shape index (κ2) is 9.27. The van der Waals surface area contributed by atoms with E-state index in [4.69, 9.17) is 0 Å². The van der Waals surface area contributed by atoms with Crippen LogP contribution in [0.25, 0.3) is 16.7 Å². The number of amides is 1. The minimum atomic E-state index is 0.00385. The van der Waals surface area contributed by atoms with E-state index in [2.05, 4.69) is 56.5 Å². The zero-order valence-electron chi connectivity index (χ0n) is 18.8. The van der Waals surface area contributed by atoms with Crippen molar-refractivity contribution in [1.29, 1.82) is 0 Å². The van der Waals surface area contributed by atoms with Gasteiger partial charge in [-0.15, -0.1) is 5.10 Å². The predicted molar refractivity (Wildman–Crippen MR) is 126 cm³/mol. The second-order valence-corrected chi connectivity index (χ2v) is 9.33. The fourth-order valence-corrected chi connectivity index (χ4v) is 5.03. The lowest BCUT2D eigenvalue weighted by Crippen LogP contribution is -2.46. The molecule has 0 radical (unpaired) electrons. The molecule has 168 valence electrons. The van der Waals surface area contributed by atoms with Crippen molar-refractivity contribution in [3.8, 4) is 5.69 Å². The Hall–Kier alpha value is -2.96. The van der Waals surface area contributed by atoms with Gasteiger partial charge in [-0.2, -0.15) is 0 Å². The molecule has 1 amide bonds. The molecule has 7 heteroatoms. The number of rotatable bonds is 4. The van der Waals surface area contributed by atoms with Gasteiger partial charge in [-0.1, -0.05) is 43.4 Å². The number of aromatic nitrogens is 4. The van der Waals surface area contributed by atoms with E-state index in [1.54, 1.807) is 6.33 Å². The zero-order valence-corrected chi connectivity index (χ0v) is 18.8. The van der Waals surface area contributed by atoms with Crippen LogP contribution in [0.4, 0.5) is 5.82 Å². The summed E-state index contributed by atoms with van der Waals surface area (Å²) in [6.45, 7) is 3.67. The summed E-state index contributed by atoms with van der Waals surface area (Å²) in [5.41, 5.74) is 2.90. The average molecular weight is 433 g/mol. The summed E-state index contributed by atoms with van der Waals surface area (Å²) in [4.78, 5) is 24.3. The Bertz CT molecular complexity index is 1070. The molecule has 1 aromatic carbocycles. The van der Waals surface area contributed by atoms with Crippen molar-refractivity contribution in [3.63, 3.8) is 0 Å². The number of aryl methyl sites for hydroxylation is 1. The highest BCUT2D eigenvalue weighted by molar-refractivity contribution is 5.87. The molecule has 1 aliphatic carbocycles. The van der Waals surface area contributed by atoms with E-state index < -0.39 is 0 Å². The van der Waals surface area contributed by atoms with Crippen molar-refractivity contribution in [2.75, 3.05) is 18.0 Å². The van der Waals surface area contributed by atoms with Gasteiger partial charge >= 0.3 is 0 Å². The maximum Gasteiger partial charge on any atom is 0.225 e. The number of benzene rings is 1. The first-order valence-corrected chi connectivity index (χ1v) is 12.0. The summed E-state index contributed by atoms with van der Waals surface area (Å²) in [5, 5.41) is 8.95. The second-order valence-electron chi connectivity index (χ2n) is 9.33. The number of hydrogen-bond donors (Lipinski definition) is 1. The topological polar surface area (TPSA) is 75.9 Å². The molecule has 2 fully saturated rings. The lowest BCUT2D eigenvalue weighted by molar-refractivity contribution is -0.126. The predicted octanol–water partition coefficient (Wildman–Crippen LogP) is 4.18. The Balaban J connectivity index is 1.34. The van der Waals surface area contributed by atoms with E-state index in [1.807, 2.05) is 10.9 Å². The van der Waals surface area contributed by atoms with Crippen LogP contribution in [0.2, 0.25) is 0 Å².